The summed E-state index contributed by atoms with van der Waals surface area (Å²) in [5.74, 6) is 2.26. The first kappa shape index (κ1) is 24.9. The average Bonchev–Trinajstić information content (AvgIpc) is 3.51. The molecule has 0 spiro atoms. The second-order valence-corrected chi connectivity index (χ2v) is 11.3. The topological polar surface area (TPSA) is 80.8 Å². The summed E-state index contributed by atoms with van der Waals surface area (Å²) in [6, 6.07) is 42.7. The first-order chi connectivity index (χ1) is 22.8. The Bertz CT molecular complexity index is 2670. The standard InChI is InChI=1S/C39H22N6O/c1-2-11-23(12-3-1)36-42-37(29-17-10-16-27-25-14-6-9-20-32(25)46-35(27)29)44-39(43-36)45-31-19-8-5-15-28(31)34-33-26(21-22-40-34)24-13-4-7-18-30(24)41-38(33)45/h1-22H. The molecule has 0 saturated heterocycles. The molecule has 0 radical (unpaired) electrons. The second-order valence-electron chi connectivity index (χ2n) is 11.3. The van der Waals surface area contributed by atoms with Crippen molar-refractivity contribution in [3.8, 4) is 34.0 Å². The lowest BCUT2D eigenvalue weighted by Crippen LogP contribution is -2.20. The van der Waals surface area contributed by atoms with Crippen LogP contribution in [0.1, 0.15) is 0 Å². The van der Waals surface area contributed by atoms with Crippen LogP contribution < -0.4 is 4.90 Å². The zero-order valence-corrected chi connectivity index (χ0v) is 24.3. The largest absolute Gasteiger partial charge is 0.455 e. The molecule has 1 aliphatic rings. The van der Waals surface area contributed by atoms with Gasteiger partial charge in [0.25, 0.3) is 0 Å². The lowest BCUT2D eigenvalue weighted by atomic mass is 9.96. The Hall–Kier alpha value is -6.47. The van der Waals surface area contributed by atoms with E-state index in [1.807, 2.05) is 97.2 Å². The highest BCUT2D eigenvalue weighted by atomic mass is 16.3. The summed E-state index contributed by atoms with van der Waals surface area (Å²) in [4.78, 5) is 27.5. The predicted octanol–water partition coefficient (Wildman–Crippen LogP) is 9.65. The SMILES string of the molecule is c1ccc(-c2nc(-c3cccc4c3oc3ccccc34)nc(N3c4ccccc4-c4nccc5c4c3nc3ccccc35)n2)cc1. The zero-order valence-electron chi connectivity index (χ0n) is 24.3. The molecule has 7 heteroatoms. The maximum Gasteiger partial charge on any atom is 0.240 e. The van der Waals surface area contributed by atoms with Gasteiger partial charge in [-0.3, -0.25) is 9.88 Å². The maximum atomic E-state index is 6.43. The molecule has 0 N–H and O–H groups in total. The van der Waals surface area contributed by atoms with Crippen LogP contribution in [0.4, 0.5) is 17.5 Å². The Morgan fingerprint density at radius 3 is 2.20 bits per heavy atom. The summed E-state index contributed by atoms with van der Waals surface area (Å²) in [6.45, 7) is 0. The molecule has 0 atom stereocenters. The van der Waals surface area contributed by atoms with Crippen LogP contribution in [0.15, 0.2) is 138 Å². The van der Waals surface area contributed by atoms with E-state index in [2.05, 4.69) is 41.3 Å². The summed E-state index contributed by atoms with van der Waals surface area (Å²) in [5, 5.41) is 5.17. The van der Waals surface area contributed by atoms with Crippen LogP contribution in [0.25, 0.3) is 77.6 Å². The normalized spacial score (nSPS) is 12.3. The smallest absolute Gasteiger partial charge is 0.240 e. The van der Waals surface area contributed by atoms with E-state index in [0.717, 1.165) is 77.5 Å². The van der Waals surface area contributed by atoms with Crippen LogP contribution in [0.5, 0.6) is 0 Å². The van der Waals surface area contributed by atoms with Crippen LogP contribution in [-0.2, 0) is 0 Å². The molecule has 10 rings (SSSR count). The molecule has 0 aliphatic carbocycles. The molecule has 5 heterocycles. The van der Waals surface area contributed by atoms with Gasteiger partial charge in [-0.2, -0.15) is 9.97 Å². The predicted molar refractivity (Wildman–Crippen MR) is 182 cm³/mol. The Morgan fingerprint density at radius 1 is 0.522 bits per heavy atom. The monoisotopic (exact) mass is 590 g/mol. The molecule has 0 bridgehead atoms. The van der Waals surface area contributed by atoms with E-state index in [0.29, 0.717) is 17.6 Å². The molecule has 4 aromatic heterocycles. The molecule has 5 aromatic carbocycles. The summed E-state index contributed by atoms with van der Waals surface area (Å²) in [5.41, 5.74) is 6.89. The summed E-state index contributed by atoms with van der Waals surface area (Å²) < 4.78 is 6.43. The van der Waals surface area contributed by atoms with Crippen molar-refractivity contribution in [2.45, 2.75) is 0 Å². The van der Waals surface area contributed by atoms with E-state index in [-0.39, 0.29) is 0 Å². The van der Waals surface area contributed by atoms with Crippen molar-refractivity contribution >= 4 is 61.1 Å². The molecule has 46 heavy (non-hydrogen) atoms. The number of nitrogens with zero attached hydrogens (tertiary/aromatic N) is 6. The van der Waals surface area contributed by atoms with Gasteiger partial charge in [0.15, 0.2) is 17.5 Å². The van der Waals surface area contributed by atoms with Crippen molar-refractivity contribution in [2.75, 3.05) is 4.90 Å². The van der Waals surface area contributed by atoms with Gasteiger partial charge in [-0.1, -0.05) is 97.1 Å². The number of para-hydroxylation sites is 4. The van der Waals surface area contributed by atoms with Gasteiger partial charge < -0.3 is 4.42 Å². The lowest BCUT2D eigenvalue weighted by molar-refractivity contribution is 0.669. The highest BCUT2D eigenvalue weighted by Gasteiger charge is 2.31. The van der Waals surface area contributed by atoms with Crippen LogP contribution in [0.2, 0.25) is 0 Å². The van der Waals surface area contributed by atoms with E-state index in [1.165, 1.54) is 0 Å². The number of hydrogen-bond donors (Lipinski definition) is 0. The quantitative estimate of drug-likeness (QED) is 0.190. The lowest BCUT2D eigenvalue weighted by Gasteiger charge is -2.30. The Labute approximate surface area is 262 Å². The van der Waals surface area contributed by atoms with Crippen molar-refractivity contribution < 1.29 is 4.42 Å². The molecule has 0 amide bonds. The molecule has 0 fully saturated rings. The second kappa shape index (κ2) is 9.51. The molecular weight excluding hydrogens is 568 g/mol. The van der Waals surface area contributed by atoms with Gasteiger partial charge >= 0.3 is 0 Å². The summed E-state index contributed by atoms with van der Waals surface area (Å²) in [7, 11) is 0. The molecule has 0 unspecified atom stereocenters. The van der Waals surface area contributed by atoms with E-state index in [1.54, 1.807) is 0 Å². The first-order valence-corrected chi connectivity index (χ1v) is 15.1. The zero-order chi connectivity index (χ0) is 30.2. The van der Waals surface area contributed by atoms with Gasteiger partial charge in [0, 0.05) is 33.5 Å². The fourth-order valence-corrected chi connectivity index (χ4v) is 6.66. The van der Waals surface area contributed by atoms with Gasteiger partial charge in [0.1, 0.15) is 11.2 Å². The third-order valence-electron chi connectivity index (χ3n) is 8.71. The molecule has 1 aliphatic heterocycles. The summed E-state index contributed by atoms with van der Waals surface area (Å²) >= 11 is 0. The minimum absolute atomic E-state index is 0.461. The van der Waals surface area contributed by atoms with Crippen LogP contribution >= 0.6 is 0 Å². The van der Waals surface area contributed by atoms with E-state index in [9.17, 15) is 0 Å². The molecular formula is C39H22N6O. The Balaban J connectivity index is 1.30. The third-order valence-corrected chi connectivity index (χ3v) is 8.71. The van der Waals surface area contributed by atoms with Crippen molar-refractivity contribution in [2.24, 2.45) is 0 Å². The first-order valence-electron chi connectivity index (χ1n) is 15.1. The van der Waals surface area contributed by atoms with E-state index < -0.39 is 0 Å². The molecule has 7 nitrogen and oxygen atoms in total. The van der Waals surface area contributed by atoms with E-state index >= 15 is 0 Å². The number of hydrogen-bond acceptors (Lipinski definition) is 7. The van der Waals surface area contributed by atoms with Crippen LogP contribution in [-0.4, -0.2) is 24.9 Å². The minimum atomic E-state index is 0.461. The highest BCUT2D eigenvalue weighted by Crippen LogP contribution is 2.50. The number of benzene rings is 5. The van der Waals surface area contributed by atoms with Gasteiger partial charge in [-0.05, 0) is 35.7 Å². The van der Waals surface area contributed by atoms with Crippen molar-refractivity contribution in [3.63, 3.8) is 0 Å². The van der Waals surface area contributed by atoms with Gasteiger partial charge in [0.2, 0.25) is 5.95 Å². The van der Waals surface area contributed by atoms with Crippen molar-refractivity contribution in [1.29, 1.82) is 0 Å². The average molecular weight is 591 g/mol. The highest BCUT2D eigenvalue weighted by molar-refractivity contribution is 6.19. The number of aromatic nitrogens is 5. The number of anilines is 3. The maximum absolute atomic E-state index is 6.43. The number of fused-ring (bicyclic) bond motifs is 7. The van der Waals surface area contributed by atoms with Crippen molar-refractivity contribution in [3.05, 3.63) is 134 Å². The number of pyridine rings is 2. The fraction of sp³-hybridized carbons (Fsp3) is 0. The van der Waals surface area contributed by atoms with Crippen LogP contribution in [0, 0.1) is 0 Å². The van der Waals surface area contributed by atoms with Gasteiger partial charge in [-0.25, -0.2) is 9.97 Å². The van der Waals surface area contributed by atoms with Gasteiger partial charge in [-0.15, -0.1) is 0 Å². The summed E-state index contributed by atoms with van der Waals surface area (Å²) in [6.07, 6.45) is 1.88. The molecule has 214 valence electrons. The fourth-order valence-electron chi connectivity index (χ4n) is 6.66. The van der Waals surface area contributed by atoms with Gasteiger partial charge in [0.05, 0.1) is 27.8 Å². The number of rotatable bonds is 3. The van der Waals surface area contributed by atoms with Crippen LogP contribution in [0.3, 0.4) is 0 Å². The minimum Gasteiger partial charge on any atom is -0.455 e. The van der Waals surface area contributed by atoms with E-state index in [4.69, 9.17) is 29.3 Å². The van der Waals surface area contributed by atoms with Crippen molar-refractivity contribution in [1.82, 2.24) is 24.9 Å². The molecule has 9 aromatic rings. The number of furan rings is 1. The Morgan fingerprint density at radius 2 is 1.26 bits per heavy atom. The molecule has 0 saturated carbocycles. The third kappa shape index (κ3) is 3.56. The Kier molecular flexibility index (Phi) is 5.15.